The third kappa shape index (κ3) is 2.83. The Kier molecular flexibility index (Phi) is 4.10. The first-order chi connectivity index (χ1) is 9.32. The van der Waals surface area contributed by atoms with Gasteiger partial charge in [0.05, 0.1) is 9.82 Å². The number of nitro groups is 1. The lowest BCUT2D eigenvalue weighted by Gasteiger charge is -2.30. The zero-order valence-corrected chi connectivity index (χ0v) is 12.4. The zero-order chi connectivity index (χ0) is 14.9. The van der Waals surface area contributed by atoms with Gasteiger partial charge in [-0.1, -0.05) is 13.0 Å². The maximum Gasteiger partial charge on any atom is 0.270 e. The number of nitro benzene ring substituents is 1. The molecule has 110 valence electrons. The molecule has 1 atom stereocenters. The smallest absolute Gasteiger partial charge is 0.258 e. The van der Waals surface area contributed by atoms with Crippen LogP contribution in [0.5, 0.6) is 0 Å². The lowest BCUT2D eigenvalue weighted by molar-refractivity contribution is -0.385. The molecule has 6 nitrogen and oxygen atoms in total. The number of piperidine rings is 1. The maximum absolute atomic E-state index is 12.6. The van der Waals surface area contributed by atoms with E-state index < -0.39 is 14.9 Å². The SMILES string of the molecule is Cc1ccc([N+](=O)[O-])cc1S(=O)(=O)N1CCCC(C)C1. The van der Waals surface area contributed by atoms with Crippen LogP contribution in [0.2, 0.25) is 0 Å². The van der Waals surface area contributed by atoms with E-state index in [1.807, 2.05) is 6.92 Å². The number of non-ortho nitro benzene ring substituents is 1. The molecule has 2 rings (SSSR count). The van der Waals surface area contributed by atoms with E-state index in [1.165, 1.54) is 16.4 Å². The van der Waals surface area contributed by atoms with Gasteiger partial charge in [-0.3, -0.25) is 10.1 Å². The summed E-state index contributed by atoms with van der Waals surface area (Å²) in [5, 5.41) is 10.8. The summed E-state index contributed by atoms with van der Waals surface area (Å²) in [5.41, 5.74) is 0.341. The van der Waals surface area contributed by atoms with Crippen molar-refractivity contribution in [1.82, 2.24) is 4.31 Å². The van der Waals surface area contributed by atoms with E-state index in [0.717, 1.165) is 18.9 Å². The maximum atomic E-state index is 12.6. The highest BCUT2D eigenvalue weighted by atomic mass is 32.2. The fraction of sp³-hybridized carbons (Fsp3) is 0.538. The van der Waals surface area contributed by atoms with E-state index in [0.29, 0.717) is 24.6 Å². The average molecular weight is 298 g/mol. The number of rotatable bonds is 3. The summed E-state index contributed by atoms with van der Waals surface area (Å²) in [6, 6.07) is 3.97. The molecular weight excluding hydrogens is 280 g/mol. The Hall–Kier alpha value is -1.47. The third-order valence-corrected chi connectivity index (χ3v) is 5.63. The highest BCUT2D eigenvalue weighted by Crippen LogP contribution is 2.28. The summed E-state index contributed by atoms with van der Waals surface area (Å²) < 4.78 is 26.7. The predicted octanol–water partition coefficient (Wildman–Crippen LogP) is 2.32. The summed E-state index contributed by atoms with van der Waals surface area (Å²) in [4.78, 5) is 10.3. The molecule has 1 aliphatic heterocycles. The van der Waals surface area contributed by atoms with Crippen LogP contribution in [0.25, 0.3) is 0 Å². The number of hydrogen-bond acceptors (Lipinski definition) is 4. The highest BCUT2D eigenvalue weighted by Gasteiger charge is 2.30. The Morgan fingerprint density at radius 3 is 2.70 bits per heavy atom. The second-order valence-electron chi connectivity index (χ2n) is 5.32. The quantitative estimate of drug-likeness (QED) is 0.633. The average Bonchev–Trinajstić information content (AvgIpc) is 2.38. The lowest BCUT2D eigenvalue weighted by Crippen LogP contribution is -2.39. The van der Waals surface area contributed by atoms with Crippen molar-refractivity contribution in [3.8, 4) is 0 Å². The number of sulfonamides is 1. The molecule has 0 amide bonds. The largest absolute Gasteiger partial charge is 0.270 e. The van der Waals surface area contributed by atoms with E-state index in [2.05, 4.69) is 0 Å². The van der Waals surface area contributed by atoms with Gasteiger partial charge in [0.1, 0.15) is 0 Å². The van der Waals surface area contributed by atoms with Crippen LogP contribution in [0.15, 0.2) is 23.1 Å². The first-order valence-corrected chi connectivity index (χ1v) is 8.01. The summed E-state index contributed by atoms with van der Waals surface area (Å²) in [6.07, 6.45) is 1.84. The molecule has 1 saturated heterocycles. The van der Waals surface area contributed by atoms with Crippen molar-refractivity contribution in [1.29, 1.82) is 0 Å². The van der Waals surface area contributed by atoms with E-state index in [-0.39, 0.29) is 10.6 Å². The molecule has 0 aliphatic carbocycles. The van der Waals surface area contributed by atoms with Gasteiger partial charge in [0, 0.05) is 25.2 Å². The van der Waals surface area contributed by atoms with Crippen molar-refractivity contribution in [2.24, 2.45) is 5.92 Å². The van der Waals surface area contributed by atoms with E-state index in [1.54, 1.807) is 6.92 Å². The number of benzene rings is 1. The predicted molar refractivity (Wildman–Crippen MR) is 75.0 cm³/mol. The third-order valence-electron chi connectivity index (χ3n) is 3.62. The van der Waals surface area contributed by atoms with E-state index in [4.69, 9.17) is 0 Å². The Labute approximate surface area is 118 Å². The first-order valence-electron chi connectivity index (χ1n) is 6.57. The van der Waals surface area contributed by atoms with Gasteiger partial charge in [0.15, 0.2) is 0 Å². The summed E-state index contributed by atoms with van der Waals surface area (Å²) >= 11 is 0. The lowest BCUT2D eigenvalue weighted by atomic mass is 10.0. The van der Waals surface area contributed by atoms with Gasteiger partial charge in [-0.2, -0.15) is 4.31 Å². The van der Waals surface area contributed by atoms with E-state index >= 15 is 0 Å². The molecule has 1 unspecified atom stereocenters. The summed E-state index contributed by atoms with van der Waals surface area (Å²) in [6.45, 7) is 4.63. The second kappa shape index (κ2) is 5.49. The Balaban J connectivity index is 2.43. The normalized spacial score (nSPS) is 20.8. The van der Waals surface area contributed by atoms with Gasteiger partial charge in [-0.25, -0.2) is 8.42 Å². The molecule has 1 fully saturated rings. The van der Waals surface area contributed by atoms with Gasteiger partial charge in [-0.05, 0) is 31.2 Å². The van der Waals surface area contributed by atoms with Gasteiger partial charge >= 0.3 is 0 Å². The van der Waals surface area contributed by atoms with Gasteiger partial charge in [-0.15, -0.1) is 0 Å². The first kappa shape index (κ1) is 14.9. The Bertz CT molecular complexity index is 627. The van der Waals surface area contributed by atoms with Crippen molar-refractivity contribution in [3.63, 3.8) is 0 Å². The molecule has 0 saturated carbocycles. The molecule has 1 aromatic rings. The van der Waals surface area contributed by atoms with Gasteiger partial charge < -0.3 is 0 Å². The van der Waals surface area contributed by atoms with Crippen LogP contribution >= 0.6 is 0 Å². The molecule has 0 spiro atoms. The monoisotopic (exact) mass is 298 g/mol. The van der Waals surface area contributed by atoms with Crippen LogP contribution in [0.4, 0.5) is 5.69 Å². The van der Waals surface area contributed by atoms with Crippen molar-refractivity contribution in [3.05, 3.63) is 33.9 Å². The van der Waals surface area contributed by atoms with Crippen LogP contribution in [0.1, 0.15) is 25.3 Å². The molecule has 7 heteroatoms. The molecular formula is C13H18N2O4S. The zero-order valence-electron chi connectivity index (χ0n) is 11.6. The van der Waals surface area contributed by atoms with Crippen LogP contribution in [0.3, 0.4) is 0 Å². The molecule has 1 heterocycles. The van der Waals surface area contributed by atoms with Gasteiger partial charge in [0.25, 0.3) is 5.69 Å². The van der Waals surface area contributed by atoms with Crippen molar-refractivity contribution < 1.29 is 13.3 Å². The molecule has 0 bridgehead atoms. The Morgan fingerprint density at radius 1 is 1.40 bits per heavy atom. The topological polar surface area (TPSA) is 80.5 Å². The summed E-state index contributed by atoms with van der Waals surface area (Å²) in [7, 11) is -3.65. The van der Waals surface area contributed by atoms with Crippen LogP contribution < -0.4 is 0 Å². The fourth-order valence-electron chi connectivity index (χ4n) is 2.48. The summed E-state index contributed by atoms with van der Waals surface area (Å²) in [5.74, 6) is 0.317. The Morgan fingerprint density at radius 2 is 2.10 bits per heavy atom. The fourth-order valence-corrected chi connectivity index (χ4v) is 4.33. The van der Waals surface area contributed by atoms with Gasteiger partial charge in [0.2, 0.25) is 10.0 Å². The minimum atomic E-state index is -3.65. The standard InChI is InChI=1S/C13H18N2O4S/c1-10-4-3-7-14(9-10)20(18,19)13-8-12(15(16)17)6-5-11(13)2/h5-6,8,10H,3-4,7,9H2,1-2H3. The molecule has 0 N–H and O–H groups in total. The van der Waals surface area contributed by atoms with Crippen LogP contribution in [-0.4, -0.2) is 30.7 Å². The number of aryl methyl sites for hydroxylation is 1. The van der Waals surface area contributed by atoms with Crippen molar-refractivity contribution in [2.75, 3.05) is 13.1 Å². The minimum Gasteiger partial charge on any atom is -0.258 e. The number of nitrogens with zero attached hydrogens (tertiary/aromatic N) is 2. The molecule has 0 radical (unpaired) electrons. The van der Waals surface area contributed by atoms with Crippen LogP contribution in [-0.2, 0) is 10.0 Å². The molecule has 1 aliphatic rings. The minimum absolute atomic E-state index is 0.0424. The van der Waals surface area contributed by atoms with Crippen molar-refractivity contribution >= 4 is 15.7 Å². The molecule has 0 aromatic heterocycles. The van der Waals surface area contributed by atoms with Crippen LogP contribution in [0, 0.1) is 23.0 Å². The van der Waals surface area contributed by atoms with E-state index in [9.17, 15) is 18.5 Å². The number of hydrogen-bond donors (Lipinski definition) is 0. The van der Waals surface area contributed by atoms with Crippen molar-refractivity contribution in [2.45, 2.75) is 31.6 Å². The second-order valence-corrected chi connectivity index (χ2v) is 7.22. The highest BCUT2D eigenvalue weighted by molar-refractivity contribution is 7.89. The molecule has 1 aromatic carbocycles. The molecule has 20 heavy (non-hydrogen) atoms.